The summed E-state index contributed by atoms with van der Waals surface area (Å²) in [4.78, 5) is 12.0. The molecule has 27 heavy (non-hydrogen) atoms. The number of carbonyl (C=O) groups is 1. The Kier molecular flexibility index (Phi) is 7.65. The van der Waals surface area contributed by atoms with Gasteiger partial charge in [-0.3, -0.25) is 4.79 Å². The molecule has 0 aliphatic rings. The van der Waals surface area contributed by atoms with Gasteiger partial charge < -0.3 is 10.1 Å². The largest absolute Gasteiger partial charge is 0.484 e. The quantitative estimate of drug-likeness (QED) is 0.665. The van der Waals surface area contributed by atoms with Gasteiger partial charge in [0.2, 0.25) is 10.0 Å². The first-order valence-corrected chi connectivity index (χ1v) is 10.4. The number of hydrogen-bond acceptors (Lipinski definition) is 4. The summed E-state index contributed by atoms with van der Waals surface area (Å²) < 4.78 is 32.4. The van der Waals surface area contributed by atoms with E-state index < -0.39 is 10.0 Å². The van der Waals surface area contributed by atoms with Crippen molar-refractivity contribution < 1.29 is 17.9 Å². The van der Waals surface area contributed by atoms with Crippen molar-refractivity contribution in [2.45, 2.75) is 37.8 Å². The zero-order valence-electron chi connectivity index (χ0n) is 15.2. The Balaban J connectivity index is 1.83. The number of benzene rings is 2. The van der Waals surface area contributed by atoms with E-state index in [9.17, 15) is 13.2 Å². The van der Waals surface area contributed by atoms with E-state index in [-0.39, 0.29) is 23.5 Å². The Hall–Kier alpha value is -2.09. The summed E-state index contributed by atoms with van der Waals surface area (Å²) in [5.74, 6) is 0.138. The van der Waals surface area contributed by atoms with Gasteiger partial charge in [-0.05, 0) is 55.3 Å². The minimum atomic E-state index is -3.56. The van der Waals surface area contributed by atoms with Gasteiger partial charge in [0.15, 0.2) is 6.61 Å². The highest BCUT2D eigenvalue weighted by Crippen LogP contribution is 2.16. The first kappa shape index (κ1) is 21.2. The average Bonchev–Trinajstić information content (AvgIpc) is 2.65. The van der Waals surface area contributed by atoms with Crippen molar-refractivity contribution in [3.63, 3.8) is 0 Å². The van der Waals surface area contributed by atoms with Gasteiger partial charge in [0.05, 0.1) is 4.90 Å². The molecule has 0 bridgehead atoms. The van der Waals surface area contributed by atoms with Crippen molar-refractivity contribution in [1.82, 2.24) is 10.0 Å². The van der Waals surface area contributed by atoms with Gasteiger partial charge in [-0.25, -0.2) is 13.1 Å². The molecule has 2 N–H and O–H groups in total. The maximum Gasteiger partial charge on any atom is 0.258 e. The number of amides is 1. The third-order valence-electron chi connectivity index (χ3n) is 3.88. The van der Waals surface area contributed by atoms with Crippen LogP contribution in [0.4, 0.5) is 0 Å². The van der Waals surface area contributed by atoms with Crippen LogP contribution in [0.1, 0.15) is 25.8 Å². The summed E-state index contributed by atoms with van der Waals surface area (Å²) in [7, 11) is -3.56. The van der Waals surface area contributed by atoms with Crippen molar-refractivity contribution in [3.8, 4) is 5.75 Å². The summed E-state index contributed by atoms with van der Waals surface area (Å²) in [6.07, 6.45) is 0.700. The first-order valence-electron chi connectivity index (χ1n) is 8.56. The second-order valence-corrected chi connectivity index (χ2v) is 8.24. The first-order chi connectivity index (χ1) is 12.8. The van der Waals surface area contributed by atoms with Gasteiger partial charge in [0.25, 0.3) is 5.91 Å². The average molecular weight is 411 g/mol. The number of nitrogens with one attached hydrogen (secondary N) is 2. The van der Waals surface area contributed by atoms with E-state index >= 15 is 0 Å². The van der Waals surface area contributed by atoms with E-state index in [1.165, 1.54) is 24.3 Å². The zero-order valence-corrected chi connectivity index (χ0v) is 16.8. The van der Waals surface area contributed by atoms with Crippen molar-refractivity contribution in [2.24, 2.45) is 0 Å². The van der Waals surface area contributed by atoms with Crippen LogP contribution in [0.2, 0.25) is 5.02 Å². The number of ether oxygens (including phenoxy) is 1. The van der Waals surface area contributed by atoms with Gasteiger partial charge in [-0.1, -0.05) is 30.7 Å². The van der Waals surface area contributed by atoms with E-state index in [0.717, 1.165) is 5.56 Å². The number of halogens is 1. The van der Waals surface area contributed by atoms with Crippen molar-refractivity contribution in [1.29, 1.82) is 0 Å². The Bertz CT molecular complexity index is 852. The minimum absolute atomic E-state index is 0.143. The number of rotatable bonds is 9. The van der Waals surface area contributed by atoms with E-state index in [1.807, 2.05) is 19.1 Å². The molecule has 0 aromatic heterocycles. The van der Waals surface area contributed by atoms with E-state index in [1.54, 1.807) is 19.1 Å². The van der Waals surface area contributed by atoms with Crippen LogP contribution in [-0.2, 0) is 21.4 Å². The van der Waals surface area contributed by atoms with Crippen LogP contribution < -0.4 is 14.8 Å². The van der Waals surface area contributed by atoms with Crippen LogP contribution in [0.15, 0.2) is 53.4 Å². The Morgan fingerprint density at radius 1 is 1.11 bits per heavy atom. The molecule has 0 saturated heterocycles. The Morgan fingerprint density at radius 3 is 2.33 bits per heavy atom. The lowest BCUT2D eigenvalue weighted by molar-refractivity contribution is -0.123. The highest BCUT2D eigenvalue weighted by atomic mass is 35.5. The van der Waals surface area contributed by atoms with Gasteiger partial charge in [-0.2, -0.15) is 0 Å². The smallest absolute Gasteiger partial charge is 0.258 e. The predicted octanol–water partition coefficient (Wildman–Crippen LogP) is 3.11. The maximum absolute atomic E-state index is 12.2. The summed E-state index contributed by atoms with van der Waals surface area (Å²) in [5, 5.41) is 3.38. The Labute approximate surface area is 164 Å². The molecular formula is C19H23ClN2O4S. The highest BCUT2D eigenvalue weighted by Gasteiger charge is 2.16. The lowest BCUT2D eigenvalue weighted by atomic mass is 10.2. The summed E-state index contributed by atoms with van der Waals surface area (Å²) in [6, 6.07) is 13.0. The zero-order chi connectivity index (χ0) is 19.9. The molecular weight excluding hydrogens is 388 g/mol. The van der Waals surface area contributed by atoms with Crippen LogP contribution in [0, 0.1) is 0 Å². The highest BCUT2D eigenvalue weighted by molar-refractivity contribution is 7.89. The third-order valence-corrected chi connectivity index (χ3v) is 5.73. The molecule has 146 valence electrons. The van der Waals surface area contributed by atoms with Crippen molar-refractivity contribution in [3.05, 3.63) is 59.1 Å². The standard InChI is InChI=1S/C19H23ClN2O4S/c1-3-14(2)22-27(24,25)18-10-8-17(9-11-18)26-13-19(23)21-12-15-4-6-16(20)7-5-15/h4-11,14,22H,3,12-13H2,1-2H3,(H,21,23)/t14-/m1/s1. The molecule has 2 aromatic carbocycles. The van der Waals surface area contributed by atoms with Crippen LogP contribution in [0.25, 0.3) is 0 Å². The maximum atomic E-state index is 12.2. The molecule has 6 nitrogen and oxygen atoms in total. The van der Waals surface area contributed by atoms with Crippen LogP contribution >= 0.6 is 11.6 Å². The molecule has 0 fully saturated rings. The molecule has 0 spiro atoms. The van der Waals surface area contributed by atoms with Gasteiger partial charge in [-0.15, -0.1) is 0 Å². The second-order valence-electron chi connectivity index (χ2n) is 6.09. The molecule has 0 aliphatic carbocycles. The summed E-state index contributed by atoms with van der Waals surface area (Å²) >= 11 is 5.81. The van der Waals surface area contributed by atoms with Gasteiger partial charge in [0.1, 0.15) is 5.75 Å². The molecule has 8 heteroatoms. The molecule has 2 rings (SSSR count). The molecule has 0 heterocycles. The van der Waals surface area contributed by atoms with E-state index in [2.05, 4.69) is 10.0 Å². The van der Waals surface area contributed by atoms with Gasteiger partial charge >= 0.3 is 0 Å². The molecule has 0 radical (unpaired) electrons. The summed E-state index contributed by atoms with van der Waals surface area (Å²) in [5.41, 5.74) is 0.927. The molecule has 0 saturated carbocycles. The third kappa shape index (κ3) is 6.86. The molecule has 2 aromatic rings. The Morgan fingerprint density at radius 2 is 1.74 bits per heavy atom. The van der Waals surface area contributed by atoms with Crippen LogP contribution in [-0.4, -0.2) is 27.0 Å². The molecule has 1 atom stereocenters. The topological polar surface area (TPSA) is 84.5 Å². The van der Waals surface area contributed by atoms with Crippen LogP contribution in [0.5, 0.6) is 5.75 Å². The molecule has 0 unspecified atom stereocenters. The normalized spacial score (nSPS) is 12.4. The lowest BCUT2D eigenvalue weighted by Gasteiger charge is -2.12. The van der Waals surface area contributed by atoms with Gasteiger partial charge in [0, 0.05) is 17.6 Å². The monoisotopic (exact) mass is 410 g/mol. The fourth-order valence-electron chi connectivity index (χ4n) is 2.13. The lowest BCUT2D eigenvalue weighted by Crippen LogP contribution is -2.32. The number of sulfonamides is 1. The fourth-order valence-corrected chi connectivity index (χ4v) is 3.59. The second kappa shape index (κ2) is 9.73. The number of carbonyl (C=O) groups excluding carboxylic acids is 1. The number of hydrogen-bond donors (Lipinski definition) is 2. The van der Waals surface area contributed by atoms with E-state index in [0.29, 0.717) is 23.7 Å². The molecule has 1 amide bonds. The van der Waals surface area contributed by atoms with Crippen molar-refractivity contribution >= 4 is 27.5 Å². The summed E-state index contributed by atoms with van der Waals surface area (Å²) in [6.45, 7) is 3.92. The fraction of sp³-hybridized carbons (Fsp3) is 0.316. The molecule has 0 aliphatic heterocycles. The predicted molar refractivity (Wildman–Crippen MR) is 105 cm³/mol. The SMILES string of the molecule is CC[C@@H](C)NS(=O)(=O)c1ccc(OCC(=O)NCc2ccc(Cl)cc2)cc1. The van der Waals surface area contributed by atoms with Crippen LogP contribution in [0.3, 0.4) is 0 Å². The van der Waals surface area contributed by atoms with E-state index in [4.69, 9.17) is 16.3 Å². The van der Waals surface area contributed by atoms with Crippen molar-refractivity contribution in [2.75, 3.05) is 6.61 Å². The minimum Gasteiger partial charge on any atom is -0.484 e.